The number of rotatable bonds is 5. The van der Waals surface area contributed by atoms with Crippen molar-refractivity contribution in [1.82, 2.24) is 19.9 Å². The predicted octanol–water partition coefficient (Wildman–Crippen LogP) is -0.333. The number of aromatic hydroxyl groups is 1. The fraction of sp³-hybridized carbons (Fsp3) is 0.294. The molecule has 0 spiro atoms. The number of hydrogen-bond acceptors (Lipinski definition) is 7. The molecule has 1 aromatic heterocycles. The van der Waals surface area contributed by atoms with Crippen molar-refractivity contribution in [3.8, 4) is 11.6 Å². The number of hydrogen-bond donors (Lipinski definition) is 3. The van der Waals surface area contributed by atoms with E-state index in [1.165, 1.54) is 24.3 Å². The van der Waals surface area contributed by atoms with Crippen molar-refractivity contribution in [3.05, 3.63) is 55.7 Å². The zero-order chi connectivity index (χ0) is 20.1. The Balaban J connectivity index is 1.78. The molecule has 0 radical (unpaired) electrons. The van der Waals surface area contributed by atoms with Gasteiger partial charge in [0.15, 0.2) is 0 Å². The molecule has 1 aliphatic rings. The molecule has 0 atom stereocenters. The lowest BCUT2D eigenvalue weighted by atomic mass is 10.3. The second-order valence-electron chi connectivity index (χ2n) is 5.99. The second kappa shape index (κ2) is 8.83. The highest BCUT2D eigenvalue weighted by atomic mass is 35.5. The maximum Gasteiger partial charge on any atom is 0.335 e. The standard InChI is InChI=1S/C17H18ClN5O5/c18-11-1-3-12(4-2-11)23-16(26)13(15(25)20-17(23)27)9-19-21-14(24)10-22-5-7-28-8-6-22/h1-4,9,26H,5-8,10H2,(H,21,24)(H,20,25,27). The average Bonchev–Trinajstić information content (AvgIpc) is 2.66. The minimum absolute atomic E-state index is 0.132. The second-order valence-corrected chi connectivity index (χ2v) is 6.43. The number of carbonyl (C=O) groups is 1. The number of carbonyl (C=O) groups excluding carboxylic acids is 1. The first-order chi connectivity index (χ1) is 13.5. The molecule has 0 aliphatic carbocycles. The number of halogens is 1. The Morgan fingerprint density at radius 1 is 1.29 bits per heavy atom. The van der Waals surface area contributed by atoms with E-state index in [0.717, 1.165) is 10.8 Å². The van der Waals surface area contributed by atoms with Crippen molar-refractivity contribution in [2.45, 2.75) is 0 Å². The van der Waals surface area contributed by atoms with Crippen LogP contribution in [0.4, 0.5) is 0 Å². The van der Waals surface area contributed by atoms with Crippen molar-refractivity contribution in [1.29, 1.82) is 0 Å². The molecule has 11 heteroatoms. The van der Waals surface area contributed by atoms with Crippen LogP contribution in [0.2, 0.25) is 5.02 Å². The number of nitrogens with one attached hydrogen (secondary N) is 2. The molecular formula is C17H18ClN5O5. The summed E-state index contributed by atoms with van der Waals surface area (Å²) >= 11 is 5.82. The lowest BCUT2D eigenvalue weighted by molar-refractivity contribution is -0.123. The number of morpholine rings is 1. The van der Waals surface area contributed by atoms with Crippen molar-refractivity contribution in [2.75, 3.05) is 32.8 Å². The fourth-order valence-electron chi connectivity index (χ4n) is 2.65. The van der Waals surface area contributed by atoms with Crippen LogP contribution in [-0.4, -0.2) is 64.5 Å². The van der Waals surface area contributed by atoms with E-state index >= 15 is 0 Å². The minimum Gasteiger partial charge on any atom is -0.493 e. The summed E-state index contributed by atoms with van der Waals surface area (Å²) in [6.45, 7) is 2.54. The SMILES string of the molecule is O=C(CN1CCOCC1)NN=Cc1c(O)n(-c2ccc(Cl)cc2)c(=O)[nH]c1=O. The van der Waals surface area contributed by atoms with E-state index in [2.05, 4.69) is 15.5 Å². The molecule has 28 heavy (non-hydrogen) atoms. The maximum atomic E-state index is 12.1. The molecule has 0 bridgehead atoms. The van der Waals surface area contributed by atoms with E-state index < -0.39 is 17.1 Å². The molecule has 2 heterocycles. The van der Waals surface area contributed by atoms with Crippen LogP contribution < -0.4 is 16.7 Å². The molecule has 0 unspecified atom stereocenters. The van der Waals surface area contributed by atoms with Crippen LogP contribution in [0.25, 0.3) is 5.69 Å². The monoisotopic (exact) mass is 407 g/mol. The van der Waals surface area contributed by atoms with Crippen molar-refractivity contribution >= 4 is 23.7 Å². The molecule has 0 saturated carbocycles. The number of hydrazone groups is 1. The third-order valence-electron chi connectivity index (χ3n) is 4.06. The van der Waals surface area contributed by atoms with Crippen LogP contribution in [0, 0.1) is 0 Å². The van der Waals surface area contributed by atoms with Crippen molar-refractivity contribution in [3.63, 3.8) is 0 Å². The van der Waals surface area contributed by atoms with Gasteiger partial charge in [0.1, 0.15) is 5.56 Å². The first kappa shape index (κ1) is 19.8. The summed E-state index contributed by atoms with van der Waals surface area (Å²) in [4.78, 5) is 40.0. The Morgan fingerprint density at radius 3 is 2.64 bits per heavy atom. The summed E-state index contributed by atoms with van der Waals surface area (Å²) in [5.74, 6) is -0.984. The number of aromatic nitrogens is 2. The maximum absolute atomic E-state index is 12.1. The molecule has 3 N–H and O–H groups in total. The van der Waals surface area contributed by atoms with E-state index in [9.17, 15) is 19.5 Å². The summed E-state index contributed by atoms with van der Waals surface area (Å²) < 4.78 is 6.10. The molecule has 1 fully saturated rings. The average molecular weight is 408 g/mol. The van der Waals surface area contributed by atoms with Gasteiger partial charge in [-0.25, -0.2) is 14.8 Å². The van der Waals surface area contributed by atoms with Crippen LogP contribution in [0.3, 0.4) is 0 Å². The van der Waals surface area contributed by atoms with Gasteiger partial charge in [0.2, 0.25) is 5.88 Å². The summed E-state index contributed by atoms with van der Waals surface area (Å²) in [6, 6.07) is 6.08. The van der Waals surface area contributed by atoms with E-state index in [1.807, 2.05) is 4.90 Å². The first-order valence-electron chi connectivity index (χ1n) is 8.42. The molecule has 3 rings (SSSR count). The summed E-state index contributed by atoms with van der Waals surface area (Å²) in [6.07, 6.45) is 0.983. The zero-order valence-corrected chi connectivity index (χ0v) is 15.5. The van der Waals surface area contributed by atoms with E-state index in [0.29, 0.717) is 37.0 Å². The Labute approximate surface area is 164 Å². The Kier molecular flexibility index (Phi) is 6.24. The summed E-state index contributed by atoms with van der Waals surface area (Å²) in [5, 5.41) is 14.5. The number of ether oxygens (including phenoxy) is 1. The molecule has 148 valence electrons. The Morgan fingerprint density at radius 2 is 1.96 bits per heavy atom. The third-order valence-corrected chi connectivity index (χ3v) is 4.31. The molecular weight excluding hydrogens is 390 g/mol. The minimum atomic E-state index is -0.834. The van der Waals surface area contributed by atoms with Gasteiger partial charge in [-0.3, -0.25) is 19.5 Å². The van der Waals surface area contributed by atoms with Crippen molar-refractivity contribution in [2.24, 2.45) is 5.10 Å². The third kappa shape index (κ3) is 4.66. The largest absolute Gasteiger partial charge is 0.493 e. The van der Waals surface area contributed by atoms with Gasteiger partial charge in [-0.1, -0.05) is 11.6 Å². The zero-order valence-electron chi connectivity index (χ0n) is 14.7. The highest BCUT2D eigenvalue weighted by Crippen LogP contribution is 2.17. The number of benzene rings is 1. The molecule has 10 nitrogen and oxygen atoms in total. The van der Waals surface area contributed by atoms with Gasteiger partial charge >= 0.3 is 5.69 Å². The number of amides is 1. The first-order valence-corrected chi connectivity index (χ1v) is 8.80. The lowest BCUT2D eigenvalue weighted by Crippen LogP contribution is -2.42. The Bertz CT molecular complexity index is 992. The van der Waals surface area contributed by atoms with Gasteiger partial charge in [0.05, 0.1) is 31.7 Å². The summed E-state index contributed by atoms with van der Waals surface area (Å²) in [5.41, 5.74) is 0.662. The lowest BCUT2D eigenvalue weighted by Gasteiger charge is -2.25. The molecule has 1 amide bonds. The van der Waals surface area contributed by atoms with Crippen LogP contribution in [0.1, 0.15) is 5.56 Å². The van der Waals surface area contributed by atoms with Gasteiger partial charge in [0, 0.05) is 18.1 Å². The molecule has 1 aromatic carbocycles. The number of nitrogens with zero attached hydrogens (tertiary/aromatic N) is 3. The summed E-state index contributed by atoms with van der Waals surface area (Å²) in [7, 11) is 0. The van der Waals surface area contributed by atoms with Gasteiger partial charge < -0.3 is 9.84 Å². The smallest absolute Gasteiger partial charge is 0.335 e. The highest BCUT2D eigenvalue weighted by Gasteiger charge is 2.15. The van der Waals surface area contributed by atoms with E-state index in [-0.39, 0.29) is 18.0 Å². The fourth-order valence-corrected chi connectivity index (χ4v) is 2.78. The Hall–Kier alpha value is -2.95. The highest BCUT2D eigenvalue weighted by molar-refractivity contribution is 6.30. The quantitative estimate of drug-likeness (QED) is 0.459. The normalized spacial score (nSPS) is 15.0. The van der Waals surface area contributed by atoms with Crippen LogP contribution in [-0.2, 0) is 9.53 Å². The van der Waals surface area contributed by atoms with Crippen LogP contribution in [0.5, 0.6) is 5.88 Å². The molecule has 2 aromatic rings. The number of aromatic amines is 1. The predicted molar refractivity (Wildman–Crippen MR) is 102 cm³/mol. The van der Waals surface area contributed by atoms with E-state index in [1.54, 1.807) is 0 Å². The topological polar surface area (TPSA) is 129 Å². The molecule has 1 aliphatic heterocycles. The van der Waals surface area contributed by atoms with E-state index in [4.69, 9.17) is 16.3 Å². The number of H-pyrrole nitrogens is 1. The van der Waals surface area contributed by atoms with Gasteiger partial charge in [-0.2, -0.15) is 5.10 Å². The van der Waals surface area contributed by atoms with Gasteiger partial charge in [-0.05, 0) is 24.3 Å². The molecule has 1 saturated heterocycles. The van der Waals surface area contributed by atoms with Crippen LogP contribution >= 0.6 is 11.6 Å². The van der Waals surface area contributed by atoms with Gasteiger partial charge in [0.25, 0.3) is 11.5 Å². The van der Waals surface area contributed by atoms with Gasteiger partial charge in [-0.15, -0.1) is 0 Å². The van der Waals surface area contributed by atoms with Crippen LogP contribution in [0.15, 0.2) is 39.0 Å². The van der Waals surface area contributed by atoms with Crippen molar-refractivity contribution < 1.29 is 14.6 Å².